The molecule has 2 nitrogen and oxygen atoms in total. The second-order valence-corrected chi connectivity index (χ2v) is 5.56. The molecule has 0 saturated heterocycles. The van der Waals surface area contributed by atoms with E-state index in [0.29, 0.717) is 5.92 Å². The van der Waals surface area contributed by atoms with Gasteiger partial charge in [-0.3, -0.25) is 0 Å². The SMILES string of the molecule is CNCC(CCOc1ccccc1)Cc1ccc(C)cc1. The zero-order valence-electron chi connectivity index (χ0n) is 13.0. The standard InChI is InChI=1S/C19H25NO/c1-16-8-10-17(11-9-16)14-18(15-20-2)12-13-21-19-6-4-3-5-7-19/h3-11,18,20H,12-15H2,1-2H3. The van der Waals surface area contributed by atoms with Gasteiger partial charge in [-0.15, -0.1) is 0 Å². The van der Waals surface area contributed by atoms with E-state index in [4.69, 9.17) is 4.74 Å². The van der Waals surface area contributed by atoms with Crippen molar-refractivity contribution in [2.24, 2.45) is 5.92 Å². The van der Waals surface area contributed by atoms with Gasteiger partial charge in [0.05, 0.1) is 6.61 Å². The lowest BCUT2D eigenvalue weighted by atomic mass is 9.96. The van der Waals surface area contributed by atoms with E-state index in [9.17, 15) is 0 Å². The van der Waals surface area contributed by atoms with Gasteiger partial charge in [-0.25, -0.2) is 0 Å². The summed E-state index contributed by atoms with van der Waals surface area (Å²) >= 11 is 0. The lowest BCUT2D eigenvalue weighted by Crippen LogP contribution is -2.22. The highest BCUT2D eigenvalue weighted by Crippen LogP contribution is 2.15. The van der Waals surface area contributed by atoms with Gasteiger partial charge in [0, 0.05) is 0 Å². The molecule has 0 aliphatic heterocycles. The van der Waals surface area contributed by atoms with Gasteiger partial charge in [0.25, 0.3) is 0 Å². The molecule has 0 amide bonds. The zero-order chi connectivity index (χ0) is 14.9. The van der Waals surface area contributed by atoms with E-state index in [0.717, 1.165) is 31.7 Å². The number of nitrogens with one attached hydrogen (secondary N) is 1. The maximum Gasteiger partial charge on any atom is 0.119 e. The Morgan fingerprint density at radius 1 is 1.00 bits per heavy atom. The van der Waals surface area contributed by atoms with Crippen molar-refractivity contribution in [1.82, 2.24) is 5.32 Å². The molecule has 112 valence electrons. The van der Waals surface area contributed by atoms with E-state index in [1.54, 1.807) is 0 Å². The van der Waals surface area contributed by atoms with Crippen molar-refractivity contribution in [2.75, 3.05) is 20.2 Å². The Hall–Kier alpha value is -1.80. The highest BCUT2D eigenvalue weighted by Gasteiger charge is 2.09. The average molecular weight is 283 g/mol. The van der Waals surface area contributed by atoms with Crippen molar-refractivity contribution in [3.63, 3.8) is 0 Å². The number of hydrogen-bond acceptors (Lipinski definition) is 2. The van der Waals surface area contributed by atoms with Gasteiger partial charge in [-0.2, -0.15) is 0 Å². The number of rotatable bonds is 8. The molecule has 0 fully saturated rings. The molecule has 2 aromatic rings. The molecule has 0 heterocycles. The molecule has 0 radical (unpaired) electrons. The normalized spacial score (nSPS) is 12.1. The van der Waals surface area contributed by atoms with Crippen LogP contribution in [-0.2, 0) is 6.42 Å². The van der Waals surface area contributed by atoms with Crippen LogP contribution in [0, 0.1) is 12.8 Å². The van der Waals surface area contributed by atoms with Gasteiger partial charge in [-0.1, -0.05) is 48.0 Å². The summed E-state index contributed by atoms with van der Waals surface area (Å²) < 4.78 is 5.81. The van der Waals surface area contributed by atoms with E-state index in [-0.39, 0.29) is 0 Å². The average Bonchev–Trinajstić information content (AvgIpc) is 2.51. The minimum atomic E-state index is 0.599. The first-order valence-electron chi connectivity index (χ1n) is 7.66. The number of aryl methyl sites for hydroxylation is 1. The molecule has 2 heteroatoms. The fourth-order valence-electron chi connectivity index (χ4n) is 2.48. The summed E-state index contributed by atoms with van der Waals surface area (Å²) in [6, 6.07) is 18.9. The molecule has 2 aromatic carbocycles. The van der Waals surface area contributed by atoms with Crippen LogP contribution in [0.3, 0.4) is 0 Å². The Morgan fingerprint density at radius 2 is 1.71 bits per heavy atom. The van der Waals surface area contributed by atoms with E-state index in [1.807, 2.05) is 37.4 Å². The minimum absolute atomic E-state index is 0.599. The van der Waals surface area contributed by atoms with E-state index < -0.39 is 0 Å². The highest BCUT2D eigenvalue weighted by atomic mass is 16.5. The summed E-state index contributed by atoms with van der Waals surface area (Å²) in [6.07, 6.45) is 2.16. The number of benzene rings is 2. The molecule has 21 heavy (non-hydrogen) atoms. The van der Waals surface area contributed by atoms with E-state index in [1.165, 1.54) is 11.1 Å². The molecule has 0 aliphatic rings. The van der Waals surface area contributed by atoms with Crippen molar-refractivity contribution in [2.45, 2.75) is 19.8 Å². The second kappa shape index (κ2) is 8.48. The van der Waals surface area contributed by atoms with Crippen molar-refractivity contribution in [3.8, 4) is 5.75 Å². The molecule has 0 saturated carbocycles. The summed E-state index contributed by atoms with van der Waals surface area (Å²) in [5.74, 6) is 1.55. The van der Waals surface area contributed by atoms with Gasteiger partial charge in [0.15, 0.2) is 0 Å². The topological polar surface area (TPSA) is 21.3 Å². The zero-order valence-corrected chi connectivity index (χ0v) is 13.0. The van der Waals surface area contributed by atoms with Crippen LogP contribution in [0.15, 0.2) is 54.6 Å². The van der Waals surface area contributed by atoms with Gasteiger partial charge in [0.2, 0.25) is 0 Å². The van der Waals surface area contributed by atoms with Crippen molar-refractivity contribution < 1.29 is 4.74 Å². The van der Waals surface area contributed by atoms with Crippen LogP contribution < -0.4 is 10.1 Å². The lowest BCUT2D eigenvalue weighted by Gasteiger charge is -2.17. The molecule has 0 spiro atoms. The Bertz CT molecular complexity index is 507. The first-order valence-corrected chi connectivity index (χ1v) is 7.66. The maximum atomic E-state index is 5.81. The van der Waals surface area contributed by atoms with Crippen LogP contribution in [0.5, 0.6) is 5.75 Å². The lowest BCUT2D eigenvalue weighted by molar-refractivity contribution is 0.275. The van der Waals surface area contributed by atoms with Gasteiger partial charge < -0.3 is 10.1 Å². The fraction of sp³-hybridized carbons (Fsp3) is 0.368. The Morgan fingerprint density at radius 3 is 2.38 bits per heavy atom. The molecule has 1 unspecified atom stereocenters. The first kappa shape index (κ1) is 15.6. The smallest absolute Gasteiger partial charge is 0.119 e. The third-order valence-corrected chi connectivity index (χ3v) is 3.68. The van der Waals surface area contributed by atoms with Crippen LogP contribution >= 0.6 is 0 Å². The fourth-order valence-corrected chi connectivity index (χ4v) is 2.48. The molecular formula is C19H25NO. The predicted octanol–water partition coefficient (Wildman–Crippen LogP) is 3.84. The summed E-state index contributed by atoms with van der Waals surface area (Å²) in [5.41, 5.74) is 2.72. The van der Waals surface area contributed by atoms with E-state index >= 15 is 0 Å². The van der Waals surface area contributed by atoms with Crippen LogP contribution in [0.2, 0.25) is 0 Å². The van der Waals surface area contributed by atoms with Gasteiger partial charge >= 0.3 is 0 Å². The first-order chi connectivity index (χ1) is 10.3. The van der Waals surface area contributed by atoms with Crippen LogP contribution in [0.25, 0.3) is 0 Å². The van der Waals surface area contributed by atoms with Crippen LogP contribution in [0.4, 0.5) is 0 Å². The third kappa shape index (κ3) is 5.60. The Balaban J connectivity index is 1.82. The van der Waals surface area contributed by atoms with Crippen LogP contribution in [0.1, 0.15) is 17.5 Å². The minimum Gasteiger partial charge on any atom is -0.494 e. The monoisotopic (exact) mass is 283 g/mol. The van der Waals surface area contributed by atoms with Crippen LogP contribution in [-0.4, -0.2) is 20.2 Å². The Labute approximate surface area is 128 Å². The molecule has 2 rings (SSSR count). The molecular weight excluding hydrogens is 258 g/mol. The third-order valence-electron chi connectivity index (χ3n) is 3.68. The molecule has 0 aromatic heterocycles. The number of hydrogen-bond donors (Lipinski definition) is 1. The largest absolute Gasteiger partial charge is 0.494 e. The summed E-state index contributed by atoms with van der Waals surface area (Å²) in [6.45, 7) is 3.91. The summed E-state index contributed by atoms with van der Waals surface area (Å²) in [7, 11) is 2.01. The van der Waals surface area contributed by atoms with E-state index in [2.05, 4.69) is 36.5 Å². The molecule has 0 bridgehead atoms. The van der Waals surface area contributed by atoms with Crippen molar-refractivity contribution >= 4 is 0 Å². The predicted molar refractivity (Wildman–Crippen MR) is 88.9 cm³/mol. The van der Waals surface area contributed by atoms with Crippen molar-refractivity contribution in [1.29, 1.82) is 0 Å². The number of ether oxygens (including phenoxy) is 1. The Kier molecular flexibility index (Phi) is 6.29. The second-order valence-electron chi connectivity index (χ2n) is 5.56. The summed E-state index contributed by atoms with van der Waals surface area (Å²) in [4.78, 5) is 0. The quantitative estimate of drug-likeness (QED) is 0.794. The summed E-state index contributed by atoms with van der Waals surface area (Å²) in [5, 5.41) is 3.29. The number of para-hydroxylation sites is 1. The highest BCUT2D eigenvalue weighted by molar-refractivity contribution is 5.22. The molecule has 0 aliphatic carbocycles. The molecule has 1 atom stereocenters. The molecule has 1 N–H and O–H groups in total. The van der Waals surface area contributed by atoms with Gasteiger partial charge in [-0.05, 0) is 57.0 Å². The maximum absolute atomic E-state index is 5.81. The van der Waals surface area contributed by atoms with Gasteiger partial charge in [0.1, 0.15) is 5.75 Å². The van der Waals surface area contributed by atoms with Crippen molar-refractivity contribution in [3.05, 3.63) is 65.7 Å².